The number of ether oxygens (including phenoxy) is 2. The second-order valence-corrected chi connectivity index (χ2v) is 6.18. The van der Waals surface area contributed by atoms with Gasteiger partial charge in [0.25, 0.3) is 0 Å². The van der Waals surface area contributed by atoms with Crippen molar-refractivity contribution in [2.45, 2.75) is 32.1 Å². The zero-order valence-corrected chi connectivity index (χ0v) is 12.8. The molecule has 0 saturated carbocycles. The molecule has 3 rings (SSSR count). The van der Waals surface area contributed by atoms with Crippen LogP contribution in [-0.4, -0.2) is 38.8 Å². The fourth-order valence-corrected chi connectivity index (χ4v) is 3.61. The summed E-state index contributed by atoms with van der Waals surface area (Å²) in [6.45, 7) is 5.42. The molecule has 0 N–H and O–H groups in total. The topological polar surface area (TPSA) is 21.7 Å². The van der Waals surface area contributed by atoms with Crippen molar-refractivity contribution in [1.82, 2.24) is 4.90 Å². The summed E-state index contributed by atoms with van der Waals surface area (Å²) in [5.41, 5.74) is 2.68. The summed E-state index contributed by atoms with van der Waals surface area (Å²) in [6.07, 6.45) is 3.44. The Bertz CT molecular complexity index is 486. The van der Waals surface area contributed by atoms with E-state index in [0.29, 0.717) is 11.8 Å². The molecule has 0 amide bonds. The molecule has 1 saturated heterocycles. The zero-order chi connectivity index (χ0) is 14.1. The van der Waals surface area contributed by atoms with Crippen LogP contribution >= 0.6 is 0 Å². The first-order valence-corrected chi connectivity index (χ1v) is 7.75. The van der Waals surface area contributed by atoms with E-state index in [-0.39, 0.29) is 0 Å². The Labute approximate surface area is 121 Å². The molecule has 1 aromatic carbocycles. The van der Waals surface area contributed by atoms with Gasteiger partial charge in [-0.1, -0.05) is 13.3 Å². The maximum absolute atomic E-state index is 6.14. The molecule has 0 bridgehead atoms. The molecule has 2 aliphatic rings. The van der Waals surface area contributed by atoms with Gasteiger partial charge in [0.15, 0.2) is 0 Å². The number of hydrogen-bond acceptors (Lipinski definition) is 3. The molecule has 0 aromatic heterocycles. The predicted octanol–water partition coefficient (Wildman–Crippen LogP) is 3.08. The van der Waals surface area contributed by atoms with Gasteiger partial charge in [-0.15, -0.1) is 0 Å². The highest BCUT2D eigenvalue weighted by molar-refractivity contribution is 5.50. The number of methoxy groups -OCH3 is 1. The Kier molecular flexibility index (Phi) is 3.88. The molecule has 0 spiro atoms. The largest absolute Gasteiger partial charge is 0.497 e. The van der Waals surface area contributed by atoms with Crippen LogP contribution in [0.1, 0.15) is 36.8 Å². The van der Waals surface area contributed by atoms with Crippen molar-refractivity contribution in [1.29, 1.82) is 0 Å². The Hall–Kier alpha value is -1.22. The van der Waals surface area contributed by atoms with Crippen molar-refractivity contribution in [3.05, 3.63) is 23.3 Å². The smallest absolute Gasteiger partial charge is 0.126 e. The second kappa shape index (κ2) is 5.65. The van der Waals surface area contributed by atoms with Gasteiger partial charge in [-0.2, -0.15) is 0 Å². The molecule has 3 heteroatoms. The quantitative estimate of drug-likeness (QED) is 0.846. The SMILES string of the molecule is CCCc1cc(OC)cc2c1OC[C@@H]1CCN(C)C[C@H]21. The summed E-state index contributed by atoms with van der Waals surface area (Å²) >= 11 is 0. The van der Waals surface area contributed by atoms with Crippen LogP contribution in [0.25, 0.3) is 0 Å². The molecule has 2 atom stereocenters. The van der Waals surface area contributed by atoms with Crippen molar-refractivity contribution in [2.75, 3.05) is 33.9 Å². The van der Waals surface area contributed by atoms with E-state index in [2.05, 4.69) is 31.0 Å². The summed E-state index contributed by atoms with van der Waals surface area (Å²) in [5.74, 6) is 3.39. The van der Waals surface area contributed by atoms with Crippen LogP contribution in [0.2, 0.25) is 0 Å². The first-order chi connectivity index (χ1) is 9.72. The van der Waals surface area contributed by atoms with Crippen molar-refractivity contribution in [3.63, 3.8) is 0 Å². The number of fused-ring (bicyclic) bond motifs is 3. The van der Waals surface area contributed by atoms with Crippen LogP contribution < -0.4 is 9.47 Å². The monoisotopic (exact) mass is 275 g/mol. The Balaban J connectivity index is 2.02. The van der Waals surface area contributed by atoms with Gasteiger partial charge in [-0.25, -0.2) is 0 Å². The zero-order valence-electron chi connectivity index (χ0n) is 12.8. The minimum atomic E-state index is 0.600. The van der Waals surface area contributed by atoms with Crippen LogP contribution in [0.3, 0.4) is 0 Å². The van der Waals surface area contributed by atoms with E-state index < -0.39 is 0 Å². The Morgan fingerprint density at radius 3 is 3.00 bits per heavy atom. The van der Waals surface area contributed by atoms with E-state index in [9.17, 15) is 0 Å². The fraction of sp³-hybridized carbons (Fsp3) is 0.647. The number of benzene rings is 1. The van der Waals surface area contributed by atoms with E-state index in [1.807, 2.05) is 0 Å². The molecule has 110 valence electrons. The summed E-state index contributed by atoms with van der Waals surface area (Å²) in [5, 5.41) is 0. The average molecular weight is 275 g/mol. The third-order valence-electron chi connectivity index (χ3n) is 4.72. The van der Waals surface area contributed by atoms with Crippen LogP contribution in [0.5, 0.6) is 11.5 Å². The summed E-state index contributed by atoms with van der Waals surface area (Å²) in [6, 6.07) is 4.35. The number of rotatable bonds is 3. The minimum Gasteiger partial charge on any atom is -0.497 e. The summed E-state index contributed by atoms with van der Waals surface area (Å²) < 4.78 is 11.6. The molecule has 2 aliphatic heterocycles. The third-order valence-corrected chi connectivity index (χ3v) is 4.72. The number of aryl methyl sites for hydroxylation is 1. The van der Waals surface area contributed by atoms with Crippen molar-refractivity contribution in [3.8, 4) is 11.5 Å². The Morgan fingerprint density at radius 1 is 1.40 bits per heavy atom. The van der Waals surface area contributed by atoms with E-state index in [4.69, 9.17) is 9.47 Å². The number of likely N-dealkylation sites (tertiary alicyclic amines) is 1. The lowest BCUT2D eigenvalue weighted by molar-refractivity contribution is 0.113. The lowest BCUT2D eigenvalue weighted by Crippen LogP contribution is -2.41. The molecule has 1 fully saturated rings. The molecule has 0 aliphatic carbocycles. The molecule has 2 heterocycles. The fourth-order valence-electron chi connectivity index (χ4n) is 3.61. The average Bonchev–Trinajstić information content (AvgIpc) is 2.47. The van der Waals surface area contributed by atoms with Gasteiger partial charge in [-0.05, 0) is 44.1 Å². The van der Waals surface area contributed by atoms with Crippen molar-refractivity contribution < 1.29 is 9.47 Å². The number of nitrogens with zero attached hydrogens (tertiary/aromatic N) is 1. The van der Waals surface area contributed by atoms with E-state index in [1.54, 1.807) is 7.11 Å². The predicted molar refractivity (Wildman–Crippen MR) is 80.8 cm³/mol. The normalized spacial score (nSPS) is 25.6. The summed E-state index contributed by atoms with van der Waals surface area (Å²) in [4.78, 5) is 2.44. The molecule has 20 heavy (non-hydrogen) atoms. The molecule has 3 nitrogen and oxygen atoms in total. The minimum absolute atomic E-state index is 0.600. The lowest BCUT2D eigenvalue weighted by Gasteiger charge is -2.41. The molecule has 0 radical (unpaired) electrons. The third kappa shape index (κ3) is 2.39. The standard InChI is InChI=1S/C17H25NO2/c1-4-5-12-8-14(19-3)9-15-16-10-18(2)7-6-13(16)11-20-17(12)15/h8-9,13,16H,4-7,10-11H2,1-3H3/t13-,16-/m0/s1. The van der Waals surface area contributed by atoms with Gasteiger partial charge in [-0.3, -0.25) is 0 Å². The molecule has 1 aromatic rings. The van der Waals surface area contributed by atoms with Crippen LogP contribution in [0.15, 0.2) is 12.1 Å². The maximum atomic E-state index is 6.14. The van der Waals surface area contributed by atoms with Gasteiger partial charge >= 0.3 is 0 Å². The molecule has 0 unspecified atom stereocenters. The highest BCUT2D eigenvalue weighted by Gasteiger charge is 2.36. The first-order valence-electron chi connectivity index (χ1n) is 7.75. The van der Waals surface area contributed by atoms with E-state index in [1.165, 1.54) is 24.1 Å². The molecular formula is C17H25NO2. The number of hydrogen-bond donors (Lipinski definition) is 0. The lowest BCUT2D eigenvalue weighted by atomic mass is 9.78. The van der Waals surface area contributed by atoms with Crippen molar-refractivity contribution >= 4 is 0 Å². The van der Waals surface area contributed by atoms with Crippen molar-refractivity contribution in [2.24, 2.45) is 5.92 Å². The van der Waals surface area contributed by atoms with Gasteiger partial charge in [0.1, 0.15) is 11.5 Å². The van der Waals surface area contributed by atoms with Crippen LogP contribution in [-0.2, 0) is 6.42 Å². The van der Waals surface area contributed by atoms with E-state index >= 15 is 0 Å². The molecular weight excluding hydrogens is 250 g/mol. The maximum Gasteiger partial charge on any atom is 0.126 e. The second-order valence-electron chi connectivity index (χ2n) is 6.18. The van der Waals surface area contributed by atoms with E-state index in [0.717, 1.165) is 37.5 Å². The van der Waals surface area contributed by atoms with Gasteiger partial charge < -0.3 is 14.4 Å². The first kappa shape index (κ1) is 13.7. The van der Waals surface area contributed by atoms with Gasteiger partial charge in [0.05, 0.1) is 13.7 Å². The number of likely N-dealkylation sites (N-methyl/N-ethyl adjacent to an activating group) is 1. The van der Waals surface area contributed by atoms with Crippen LogP contribution in [0, 0.1) is 5.92 Å². The van der Waals surface area contributed by atoms with Crippen LogP contribution in [0.4, 0.5) is 0 Å². The Morgan fingerprint density at radius 2 is 2.25 bits per heavy atom. The van der Waals surface area contributed by atoms with Gasteiger partial charge in [0.2, 0.25) is 0 Å². The number of piperidine rings is 1. The summed E-state index contributed by atoms with van der Waals surface area (Å²) in [7, 11) is 3.98. The highest BCUT2D eigenvalue weighted by atomic mass is 16.5. The van der Waals surface area contributed by atoms with Gasteiger partial charge in [0, 0.05) is 23.9 Å². The highest BCUT2D eigenvalue weighted by Crippen LogP contribution is 2.44.